The van der Waals surface area contributed by atoms with Crippen molar-refractivity contribution in [3.05, 3.63) is 28.8 Å². The minimum atomic E-state index is 0.622. The number of hydrogen-bond acceptors (Lipinski definition) is 3. The number of hydrogen-bond donors (Lipinski definition) is 1. The smallest absolute Gasteiger partial charge is 0.0642 e. The Labute approximate surface area is 121 Å². The summed E-state index contributed by atoms with van der Waals surface area (Å²) < 4.78 is 0. The Kier molecular flexibility index (Phi) is 5.08. The highest BCUT2D eigenvalue weighted by Crippen LogP contribution is 2.31. The molecule has 2 rings (SSSR count). The number of halogens is 1. The highest BCUT2D eigenvalue weighted by molar-refractivity contribution is 6.33. The van der Waals surface area contributed by atoms with Crippen molar-refractivity contribution in [2.45, 2.75) is 26.3 Å². The van der Waals surface area contributed by atoms with Gasteiger partial charge in [-0.1, -0.05) is 23.7 Å². The van der Waals surface area contributed by atoms with Crippen LogP contribution in [0, 0.1) is 0 Å². The molecule has 1 aromatic carbocycles. The van der Waals surface area contributed by atoms with Gasteiger partial charge in [-0.25, -0.2) is 0 Å². The van der Waals surface area contributed by atoms with Gasteiger partial charge in [0.2, 0.25) is 0 Å². The molecule has 0 amide bonds. The summed E-state index contributed by atoms with van der Waals surface area (Å²) in [5.41, 5.74) is 8.16. The molecule has 1 aliphatic heterocycles. The summed E-state index contributed by atoms with van der Waals surface area (Å²) in [6.45, 7) is 9.46. The SMILES string of the molecule is CC(C)N1CCN(c2c(Cl)cccc2CCN)CC1. The molecule has 0 aliphatic carbocycles. The normalized spacial score (nSPS) is 17.2. The van der Waals surface area contributed by atoms with Crippen molar-refractivity contribution in [3.63, 3.8) is 0 Å². The van der Waals surface area contributed by atoms with Crippen LogP contribution in [0.4, 0.5) is 5.69 Å². The molecule has 19 heavy (non-hydrogen) atoms. The molecule has 0 radical (unpaired) electrons. The third-order valence-corrected chi connectivity index (χ3v) is 4.15. The molecule has 0 saturated carbocycles. The van der Waals surface area contributed by atoms with Gasteiger partial charge in [-0.05, 0) is 38.4 Å². The molecular formula is C15H24ClN3. The van der Waals surface area contributed by atoms with Crippen LogP contribution in [0.25, 0.3) is 0 Å². The second kappa shape index (κ2) is 6.60. The summed E-state index contributed by atoms with van der Waals surface area (Å²) in [5.74, 6) is 0. The van der Waals surface area contributed by atoms with Crippen molar-refractivity contribution >= 4 is 17.3 Å². The first-order chi connectivity index (χ1) is 9.13. The quantitative estimate of drug-likeness (QED) is 0.920. The highest BCUT2D eigenvalue weighted by Gasteiger charge is 2.22. The van der Waals surface area contributed by atoms with E-state index in [4.69, 9.17) is 17.3 Å². The molecule has 106 valence electrons. The van der Waals surface area contributed by atoms with Crippen molar-refractivity contribution < 1.29 is 0 Å². The van der Waals surface area contributed by atoms with E-state index in [1.54, 1.807) is 0 Å². The van der Waals surface area contributed by atoms with Crippen LogP contribution in [-0.2, 0) is 6.42 Å². The molecule has 2 N–H and O–H groups in total. The lowest BCUT2D eigenvalue weighted by molar-refractivity contribution is 0.209. The number of rotatable bonds is 4. The Morgan fingerprint density at radius 3 is 2.47 bits per heavy atom. The van der Waals surface area contributed by atoms with Crippen LogP contribution in [0.15, 0.2) is 18.2 Å². The molecule has 0 unspecified atom stereocenters. The summed E-state index contributed by atoms with van der Waals surface area (Å²) in [6, 6.07) is 6.76. The molecule has 3 nitrogen and oxygen atoms in total. The fourth-order valence-corrected chi connectivity index (χ4v) is 3.05. The molecule has 1 aromatic rings. The van der Waals surface area contributed by atoms with Crippen LogP contribution in [-0.4, -0.2) is 43.7 Å². The van der Waals surface area contributed by atoms with E-state index in [1.807, 2.05) is 12.1 Å². The largest absolute Gasteiger partial charge is 0.368 e. The van der Waals surface area contributed by atoms with E-state index in [2.05, 4.69) is 29.7 Å². The zero-order chi connectivity index (χ0) is 13.8. The van der Waals surface area contributed by atoms with Gasteiger partial charge in [-0.15, -0.1) is 0 Å². The molecule has 0 bridgehead atoms. The molecular weight excluding hydrogens is 258 g/mol. The van der Waals surface area contributed by atoms with E-state index >= 15 is 0 Å². The Hall–Kier alpha value is -0.770. The minimum absolute atomic E-state index is 0.622. The Morgan fingerprint density at radius 2 is 1.89 bits per heavy atom. The predicted octanol–water partition coefficient (Wildman–Crippen LogP) is 2.37. The molecule has 0 atom stereocenters. The number of piperazine rings is 1. The first kappa shape index (κ1) is 14.6. The first-order valence-electron chi connectivity index (χ1n) is 7.10. The van der Waals surface area contributed by atoms with Gasteiger partial charge in [0.25, 0.3) is 0 Å². The zero-order valence-corrected chi connectivity index (χ0v) is 12.7. The lowest BCUT2D eigenvalue weighted by Crippen LogP contribution is -2.49. The number of anilines is 1. The summed E-state index contributed by atoms with van der Waals surface area (Å²) in [4.78, 5) is 4.92. The topological polar surface area (TPSA) is 32.5 Å². The van der Waals surface area contributed by atoms with Crippen molar-refractivity contribution in [2.75, 3.05) is 37.6 Å². The second-order valence-electron chi connectivity index (χ2n) is 5.40. The molecule has 1 aliphatic rings. The Morgan fingerprint density at radius 1 is 1.21 bits per heavy atom. The molecule has 1 heterocycles. The molecule has 4 heteroatoms. The number of para-hydroxylation sites is 1. The van der Waals surface area contributed by atoms with Gasteiger partial charge in [0, 0.05) is 32.2 Å². The third-order valence-electron chi connectivity index (χ3n) is 3.84. The van der Waals surface area contributed by atoms with E-state index in [0.29, 0.717) is 12.6 Å². The van der Waals surface area contributed by atoms with Crippen LogP contribution >= 0.6 is 11.6 Å². The maximum atomic E-state index is 6.40. The van der Waals surface area contributed by atoms with E-state index in [1.165, 1.54) is 11.3 Å². The Balaban J connectivity index is 2.14. The van der Waals surface area contributed by atoms with E-state index in [0.717, 1.165) is 37.6 Å². The van der Waals surface area contributed by atoms with Gasteiger partial charge in [-0.2, -0.15) is 0 Å². The fraction of sp³-hybridized carbons (Fsp3) is 0.600. The van der Waals surface area contributed by atoms with Crippen LogP contribution < -0.4 is 10.6 Å². The monoisotopic (exact) mass is 281 g/mol. The van der Waals surface area contributed by atoms with Crippen LogP contribution in [0.1, 0.15) is 19.4 Å². The van der Waals surface area contributed by atoms with Gasteiger partial charge in [0.1, 0.15) is 0 Å². The van der Waals surface area contributed by atoms with Gasteiger partial charge < -0.3 is 10.6 Å². The summed E-state index contributed by atoms with van der Waals surface area (Å²) in [5, 5.41) is 0.851. The second-order valence-corrected chi connectivity index (χ2v) is 5.81. The molecule has 0 aromatic heterocycles. The van der Waals surface area contributed by atoms with Crippen molar-refractivity contribution in [1.29, 1.82) is 0 Å². The van der Waals surface area contributed by atoms with E-state index < -0.39 is 0 Å². The highest BCUT2D eigenvalue weighted by atomic mass is 35.5. The fourth-order valence-electron chi connectivity index (χ4n) is 2.73. The van der Waals surface area contributed by atoms with Gasteiger partial charge in [0.15, 0.2) is 0 Å². The summed E-state index contributed by atoms with van der Waals surface area (Å²) in [7, 11) is 0. The molecule has 1 saturated heterocycles. The lowest BCUT2D eigenvalue weighted by atomic mass is 10.1. The maximum absolute atomic E-state index is 6.40. The average molecular weight is 282 g/mol. The summed E-state index contributed by atoms with van der Waals surface area (Å²) >= 11 is 6.40. The van der Waals surface area contributed by atoms with Crippen molar-refractivity contribution in [1.82, 2.24) is 4.90 Å². The van der Waals surface area contributed by atoms with Crippen LogP contribution in [0.3, 0.4) is 0 Å². The minimum Gasteiger partial charge on any atom is -0.368 e. The van der Waals surface area contributed by atoms with Crippen LogP contribution in [0.2, 0.25) is 5.02 Å². The predicted molar refractivity (Wildman–Crippen MR) is 83.1 cm³/mol. The number of benzene rings is 1. The van der Waals surface area contributed by atoms with Gasteiger partial charge >= 0.3 is 0 Å². The summed E-state index contributed by atoms with van der Waals surface area (Å²) in [6.07, 6.45) is 0.889. The average Bonchev–Trinajstić information content (AvgIpc) is 2.39. The third kappa shape index (κ3) is 3.41. The van der Waals surface area contributed by atoms with Crippen LogP contribution in [0.5, 0.6) is 0 Å². The molecule has 1 fully saturated rings. The van der Waals surface area contributed by atoms with Gasteiger partial charge in [0.05, 0.1) is 10.7 Å². The number of nitrogens with zero attached hydrogens (tertiary/aromatic N) is 2. The standard InChI is InChI=1S/C15H24ClN3/c1-12(2)18-8-10-19(11-9-18)15-13(6-7-17)4-3-5-14(15)16/h3-5,12H,6-11,17H2,1-2H3. The lowest BCUT2D eigenvalue weighted by Gasteiger charge is -2.39. The van der Waals surface area contributed by atoms with E-state index in [9.17, 15) is 0 Å². The van der Waals surface area contributed by atoms with Gasteiger partial charge in [-0.3, -0.25) is 4.90 Å². The zero-order valence-electron chi connectivity index (χ0n) is 11.9. The molecule has 0 spiro atoms. The Bertz CT molecular complexity index is 412. The van der Waals surface area contributed by atoms with Crippen molar-refractivity contribution in [2.24, 2.45) is 5.73 Å². The first-order valence-corrected chi connectivity index (χ1v) is 7.47. The number of nitrogens with two attached hydrogens (primary N) is 1. The maximum Gasteiger partial charge on any atom is 0.0642 e. The van der Waals surface area contributed by atoms with E-state index in [-0.39, 0.29) is 0 Å². The van der Waals surface area contributed by atoms with Crippen molar-refractivity contribution in [3.8, 4) is 0 Å².